The minimum absolute atomic E-state index is 0.814. The number of rotatable bonds is 1. The van der Waals surface area contributed by atoms with Gasteiger partial charge >= 0.3 is 0 Å². The highest BCUT2D eigenvalue weighted by Crippen LogP contribution is 2.20. The van der Waals surface area contributed by atoms with E-state index in [1.54, 1.807) is 0 Å². The molecule has 0 saturated heterocycles. The first-order chi connectivity index (χ1) is 6.36. The van der Waals surface area contributed by atoms with Crippen LogP contribution in [0.25, 0.3) is 5.57 Å². The Bertz CT molecular complexity index is 347. The van der Waals surface area contributed by atoms with Gasteiger partial charge in [0.1, 0.15) is 0 Å². The normalized spacial score (nSPS) is 15.5. The molecule has 0 bridgehead atoms. The Morgan fingerprint density at radius 3 is 2.54 bits per heavy atom. The molecule has 1 aliphatic heterocycles. The van der Waals surface area contributed by atoms with Gasteiger partial charge in [0.15, 0.2) is 0 Å². The lowest BCUT2D eigenvalue weighted by Gasteiger charge is -2.08. The number of nitrogens with zero attached hydrogens (tertiary/aromatic N) is 1. The lowest BCUT2D eigenvalue weighted by molar-refractivity contribution is 1.02. The van der Waals surface area contributed by atoms with Crippen LogP contribution >= 0.6 is 0 Å². The van der Waals surface area contributed by atoms with Crippen molar-refractivity contribution < 1.29 is 0 Å². The summed E-state index contributed by atoms with van der Waals surface area (Å²) in [6, 6.07) is 7.98. The summed E-state index contributed by atoms with van der Waals surface area (Å²) in [4.78, 5) is 4.14. The molecule has 2 nitrogen and oxygen atoms in total. The molecule has 0 aromatic heterocycles. The molecule has 2 N–H and O–H groups in total. The Morgan fingerprint density at radius 2 is 1.92 bits per heavy atom. The van der Waals surface area contributed by atoms with E-state index in [0.29, 0.717) is 0 Å². The van der Waals surface area contributed by atoms with Crippen LogP contribution in [0.4, 0.5) is 5.69 Å². The molecule has 2 rings (SSSR count). The van der Waals surface area contributed by atoms with Crippen molar-refractivity contribution in [1.29, 1.82) is 0 Å². The van der Waals surface area contributed by atoms with Crippen molar-refractivity contribution in [2.45, 2.75) is 6.42 Å². The van der Waals surface area contributed by atoms with E-state index in [4.69, 9.17) is 5.73 Å². The lowest BCUT2D eigenvalue weighted by Crippen LogP contribution is -1.94. The first kappa shape index (κ1) is 8.05. The van der Waals surface area contributed by atoms with Gasteiger partial charge in [-0.2, -0.15) is 0 Å². The zero-order chi connectivity index (χ0) is 9.10. The van der Waals surface area contributed by atoms with Crippen LogP contribution in [-0.4, -0.2) is 12.8 Å². The quantitative estimate of drug-likeness (QED) is 0.647. The summed E-state index contributed by atoms with van der Waals surface area (Å²) < 4.78 is 0. The molecule has 0 radical (unpaired) electrons. The fourth-order valence-electron chi connectivity index (χ4n) is 1.42. The Hall–Kier alpha value is -1.57. The predicted molar refractivity (Wildman–Crippen MR) is 56.8 cm³/mol. The third-order valence-electron chi connectivity index (χ3n) is 2.17. The topological polar surface area (TPSA) is 38.4 Å². The van der Waals surface area contributed by atoms with Crippen LogP contribution in [0.1, 0.15) is 12.0 Å². The number of allylic oxidation sites excluding steroid dienone is 1. The van der Waals surface area contributed by atoms with Crippen molar-refractivity contribution in [2.75, 3.05) is 12.3 Å². The van der Waals surface area contributed by atoms with Crippen LogP contribution in [0.15, 0.2) is 35.3 Å². The molecule has 0 unspecified atom stereocenters. The largest absolute Gasteiger partial charge is 0.399 e. The first-order valence-electron chi connectivity index (χ1n) is 4.41. The lowest BCUT2D eigenvalue weighted by atomic mass is 10.0. The monoisotopic (exact) mass is 172 g/mol. The molecule has 1 aliphatic rings. The summed E-state index contributed by atoms with van der Waals surface area (Å²) in [5.41, 5.74) is 9.02. The molecule has 0 spiro atoms. The average molecular weight is 172 g/mol. The molecule has 2 heteroatoms. The summed E-state index contributed by atoms with van der Waals surface area (Å²) in [5.74, 6) is 0. The predicted octanol–water partition coefficient (Wildman–Crippen LogP) is 2.13. The maximum atomic E-state index is 5.61. The number of hydrogen-bond acceptors (Lipinski definition) is 2. The molecule has 1 aromatic rings. The zero-order valence-electron chi connectivity index (χ0n) is 7.40. The van der Waals surface area contributed by atoms with Crippen molar-refractivity contribution in [2.24, 2.45) is 4.99 Å². The highest BCUT2D eigenvalue weighted by Gasteiger charge is 2.02. The molecule has 0 aliphatic carbocycles. The van der Waals surface area contributed by atoms with Gasteiger partial charge in [-0.15, -0.1) is 0 Å². The van der Waals surface area contributed by atoms with Gasteiger partial charge in [0.25, 0.3) is 0 Å². The second-order valence-corrected chi connectivity index (χ2v) is 3.12. The third-order valence-corrected chi connectivity index (χ3v) is 2.17. The molecule has 1 aromatic carbocycles. The smallest absolute Gasteiger partial charge is 0.0429 e. The minimum atomic E-state index is 0.814. The van der Waals surface area contributed by atoms with E-state index in [-0.39, 0.29) is 0 Å². The SMILES string of the molecule is Nc1ccc(C2=CC=NCC2)cc1. The molecular weight excluding hydrogens is 160 g/mol. The standard InChI is InChI=1S/C11H12N2/c12-11-3-1-9(2-4-11)10-5-7-13-8-6-10/h1-5,7H,6,8,12H2. The summed E-state index contributed by atoms with van der Waals surface area (Å²) in [5, 5.41) is 0. The summed E-state index contributed by atoms with van der Waals surface area (Å²) in [6.45, 7) is 0.899. The van der Waals surface area contributed by atoms with Gasteiger partial charge in [0.05, 0.1) is 0 Å². The van der Waals surface area contributed by atoms with Gasteiger partial charge < -0.3 is 5.73 Å². The molecule has 0 saturated carbocycles. The van der Waals surface area contributed by atoms with Crippen LogP contribution in [0, 0.1) is 0 Å². The van der Waals surface area contributed by atoms with Crippen molar-refractivity contribution in [3.63, 3.8) is 0 Å². The molecule has 0 fully saturated rings. The van der Waals surface area contributed by atoms with Gasteiger partial charge in [-0.3, -0.25) is 4.99 Å². The highest BCUT2D eigenvalue weighted by molar-refractivity contribution is 5.86. The van der Waals surface area contributed by atoms with Crippen LogP contribution in [-0.2, 0) is 0 Å². The van der Waals surface area contributed by atoms with E-state index in [2.05, 4.69) is 23.2 Å². The maximum absolute atomic E-state index is 5.61. The second-order valence-electron chi connectivity index (χ2n) is 3.12. The fourth-order valence-corrected chi connectivity index (χ4v) is 1.42. The number of anilines is 1. The van der Waals surface area contributed by atoms with E-state index in [1.807, 2.05) is 18.3 Å². The molecule has 13 heavy (non-hydrogen) atoms. The molecule has 0 amide bonds. The summed E-state index contributed by atoms with van der Waals surface area (Å²) >= 11 is 0. The number of nitrogens with two attached hydrogens (primary N) is 1. The van der Waals surface area contributed by atoms with Crippen LogP contribution < -0.4 is 5.73 Å². The second kappa shape index (κ2) is 3.44. The number of nitrogen functional groups attached to an aromatic ring is 1. The zero-order valence-corrected chi connectivity index (χ0v) is 7.40. The number of dihydropyridines is 1. The van der Waals surface area contributed by atoms with E-state index in [9.17, 15) is 0 Å². The summed E-state index contributed by atoms with van der Waals surface area (Å²) in [7, 11) is 0. The van der Waals surface area contributed by atoms with Crippen LogP contribution in [0.2, 0.25) is 0 Å². The summed E-state index contributed by atoms with van der Waals surface area (Å²) in [6.07, 6.45) is 4.96. The first-order valence-corrected chi connectivity index (χ1v) is 4.41. The van der Waals surface area contributed by atoms with E-state index in [0.717, 1.165) is 18.7 Å². The van der Waals surface area contributed by atoms with E-state index < -0.39 is 0 Å². The fraction of sp³-hybridized carbons (Fsp3) is 0.182. The van der Waals surface area contributed by atoms with Gasteiger partial charge in [0, 0.05) is 18.4 Å². The Labute approximate surface area is 77.8 Å². The molecule has 1 heterocycles. The Morgan fingerprint density at radius 1 is 1.15 bits per heavy atom. The number of benzene rings is 1. The highest BCUT2D eigenvalue weighted by atomic mass is 14.7. The number of aliphatic imine (C=N–C) groups is 1. The van der Waals surface area contributed by atoms with Gasteiger partial charge in [-0.05, 0) is 35.8 Å². The van der Waals surface area contributed by atoms with Crippen molar-refractivity contribution in [3.8, 4) is 0 Å². The maximum Gasteiger partial charge on any atom is 0.0429 e. The van der Waals surface area contributed by atoms with Gasteiger partial charge in [-0.25, -0.2) is 0 Å². The van der Waals surface area contributed by atoms with Crippen molar-refractivity contribution in [3.05, 3.63) is 35.9 Å². The average Bonchev–Trinajstić information content (AvgIpc) is 2.20. The Balaban J connectivity index is 2.30. The van der Waals surface area contributed by atoms with Crippen molar-refractivity contribution in [1.82, 2.24) is 0 Å². The van der Waals surface area contributed by atoms with Gasteiger partial charge in [0.2, 0.25) is 0 Å². The third kappa shape index (κ3) is 1.78. The van der Waals surface area contributed by atoms with Crippen LogP contribution in [0.5, 0.6) is 0 Å². The minimum Gasteiger partial charge on any atom is -0.399 e. The molecule has 66 valence electrons. The molecular formula is C11H12N2. The van der Waals surface area contributed by atoms with E-state index >= 15 is 0 Å². The van der Waals surface area contributed by atoms with Gasteiger partial charge in [-0.1, -0.05) is 12.1 Å². The molecule has 0 atom stereocenters. The van der Waals surface area contributed by atoms with Crippen LogP contribution in [0.3, 0.4) is 0 Å². The Kier molecular flexibility index (Phi) is 2.13. The van der Waals surface area contributed by atoms with Crippen molar-refractivity contribution >= 4 is 17.5 Å². The van der Waals surface area contributed by atoms with E-state index in [1.165, 1.54) is 11.1 Å². The number of hydrogen-bond donors (Lipinski definition) is 1.